The maximum Gasteiger partial charge on any atom is 0.603 e. The van der Waals surface area contributed by atoms with Crippen LogP contribution >= 0.6 is 0 Å². The van der Waals surface area contributed by atoms with Crippen molar-refractivity contribution in [2.24, 2.45) is 30.0 Å². The van der Waals surface area contributed by atoms with E-state index in [1.807, 2.05) is 0 Å². The predicted octanol–water partition coefficient (Wildman–Crippen LogP) is 14.7. The molecule has 0 saturated carbocycles. The van der Waals surface area contributed by atoms with Crippen LogP contribution in [0.3, 0.4) is 0 Å². The smallest absolute Gasteiger partial charge is 0.361 e. The van der Waals surface area contributed by atoms with Crippen LogP contribution in [0, 0.1) is 0 Å². The molecule has 0 N–H and O–H groups in total. The van der Waals surface area contributed by atoms with Gasteiger partial charge in [0.2, 0.25) is 0 Å². The van der Waals surface area contributed by atoms with Crippen molar-refractivity contribution in [3.63, 3.8) is 0 Å². The predicted molar refractivity (Wildman–Crippen MR) is 310 cm³/mol. The number of amidine groups is 4. The van der Waals surface area contributed by atoms with Crippen molar-refractivity contribution in [3.8, 4) is 0 Å². The second-order valence-electron chi connectivity index (χ2n) is 20.7. The summed E-state index contributed by atoms with van der Waals surface area (Å²) in [5.74, 6) is 3.69. The monoisotopic (exact) mass is 998 g/mol. The summed E-state index contributed by atoms with van der Waals surface area (Å²) in [5, 5.41) is 12.5. The van der Waals surface area contributed by atoms with Crippen LogP contribution < -0.4 is 11.0 Å². The molecule has 0 saturated heterocycles. The zero-order valence-electron chi connectivity index (χ0n) is 42.7. The Bertz CT molecular complexity index is 3990. The number of hydrogen-bond acceptors (Lipinski definition) is 8. The Morgan fingerprint density at radius 1 is 0.333 bits per heavy atom. The summed E-state index contributed by atoms with van der Waals surface area (Å²) in [5.41, 5.74) is 5.04. The van der Waals surface area contributed by atoms with Crippen LogP contribution in [-0.2, 0) is 8.85 Å². The average Bonchev–Trinajstić information content (AvgIpc) is 4.14. The molecule has 370 valence electrons. The summed E-state index contributed by atoms with van der Waals surface area (Å²) in [6.07, 6.45) is 13.3. The van der Waals surface area contributed by atoms with E-state index >= 15 is 0 Å². The fourth-order valence-corrected chi connectivity index (χ4v) is 15.2. The molecule has 11 heteroatoms. The van der Waals surface area contributed by atoms with Gasteiger partial charge in [-0.05, 0) is 104 Å². The van der Waals surface area contributed by atoms with Gasteiger partial charge in [0.15, 0.2) is 23.3 Å². The Kier molecular flexibility index (Phi) is 11.6. The molecule has 0 atom stereocenters. The number of aliphatic imine (C=N–C) groups is 4. The van der Waals surface area contributed by atoms with Crippen molar-refractivity contribution in [1.29, 1.82) is 0 Å². The normalized spacial score (nSPS) is 15.0. The van der Waals surface area contributed by atoms with Gasteiger partial charge in [0.05, 0.1) is 0 Å². The highest BCUT2D eigenvalue weighted by atomic mass is 28.4. The SMILES string of the molecule is CCCCCCCCO[Si]1(OCCCCCCCC)n2c3c4cc5ccccc5cc4c2N=C2N=C(N=c4c5cc6ccccc6cc5c(n41)=NC1=NC(=N3)c3cc4ccccc4cc31)c1cc3ccccc3cc12. The van der Waals surface area contributed by atoms with Crippen molar-refractivity contribution in [2.75, 3.05) is 13.2 Å². The van der Waals surface area contributed by atoms with Gasteiger partial charge in [-0.2, -0.15) is 0 Å². The lowest BCUT2D eigenvalue weighted by molar-refractivity contribution is 0.142. The van der Waals surface area contributed by atoms with Gasteiger partial charge in [-0.25, -0.2) is 30.0 Å². The topological polar surface area (TPSA) is 102 Å². The molecule has 0 spiro atoms. The van der Waals surface area contributed by atoms with E-state index in [1.54, 1.807) is 0 Å². The molecule has 0 unspecified atom stereocenters. The molecule has 0 aliphatic carbocycles. The first kappa shape index (κ1) is 45.9. The Labute approximate surface area is 436 Å². The summed E-state index contributed by atoms with van der Waals surface area (Å²) < 4.78 is 20.5. The zero-order valence-corrected chi connectivity index (χ0v) is 43.7. The van der Waals surface area contributed by atoms with Gasteiger partial charge < -0.3 is 8.85 Å². The third kappa shape index (κ3) is 7.73. The summed E-state index contributed by atoms with van der Waals surface area (Å²) in [7, 11) is -4.29. The van der Waals surface area contributed by atoms with Gasteiger partial charge in [0.25, 0.3) is 0 Å². The van der Waals surface area contributed by atoms with Gasteiger partial charge in [0.1, 0.15) is 22.6 Å². The van der Waals surface area contributed by atoms with Crippen LogP contribution in [0.4, 0.5) is 11.6 Å². The minimum absolute atomic E-state index is 0.450. The number of rotatable bonds is 16. The zero-order chi connectivity index (χ0) is 50.0. The molecule has 75 heavy (non-hydrogen) atoms. The number of unbranched alkanes of at least 4 members (excludes halogenated alkanes) is 10. The Hall–Kier alpha value is -7.70. The summed E-state index contributed by atoms with van der Waals surface area (Å²) >= 11 is 0. The van der Waals surface area contributed by atoms with E-state index in [4.69, 9.17) is 38.8 Å². The second-order valence-corrected chi connectivity index (χ2v) is 23.3. The fourth-order valence-electron chi connectivity index (χ4n) is 11.9. The summed E-state index contributed by atoms with van der Waals surface area (Å²) in [6, 6.07) is 52.1. The van der Waals surface area contributed by atoms with E-state index in [-0.39, 0.29) is 0 Å². The summed E-state index contributed by atoms with van der Waals surface area (Å²) in [6.45, 7) is 5.44. The van der Waals surface area contributed by atoms with E-state index in [0.29, 0.717) is 59.2 Å². The van der Waals surface area contributed by atoms with E-state index in [0.717, 1.165) is 125 Å². The van der Waals surface area contributed by atoms with Crippen LogP contribution in [0.25, 0.3) is 64.6 Å². The van der Waals surface area contributed by atoms with Gasteiger partial charge in [0, 0.05) is 57.0 Å². The molecule has 8 aromatic carbocycles. The molecule has 10 aromatic rings. The largest absolute Gasteiger partial charge is 0.603 e. The molecular weight excluding hydrogens is 941 g/mol. The quantitative estimate of drug-likeness (QED) is 0.0711. The molecule has 2 aromatic heterocycles. The highest BCUT2D eigenvalue weighted by molar-refractivity contribution is 6.66. The molecular formula is C64H58N8O2Si. The number of aromatic nitrogens is 2. The van der Waals surface area contributed by atoms with Crippen LogP contribution in [0.15, 0.2) is 176 Å². The van der Waals surface area contributed by atoms with Gasteiger partial charge >= 0.3 is 8.88 Å². The van der Waals surface area contributed by atoms with Crippen molar-refractivity contribution < 1.29 is 8.85 Å². The van der Waals surface area contributed by atoms with Crippen LogP contribution in [-0.4, -0.2) is 53.9 Å². The summed E-state index contributed by atoms with van der Waals surface area (Å²) in [4.78, 5) is 34.3. The van der Waals surface area contributed by atoms with Crippen molar-refractivity contribution in [3.05, 3.63) is 179 Å². The molecule has 0 fully saturated rings. The third-order valence-electron chi connectivity index (χ3n) is 15.7. The molecule has 4 aliphatic rings. The molecule has 6 bridgehead atoms. The van der Waals surface area contributed by atoms with Gasteiger partial charge in [-0.3, -0.25) is 8.47 Å². The van der Waals surface area contributed by atoms with E-state index in [9.17, 15) is 0 Å². The third-order valence-corrected chi connectivity index (χ3v) is 18.9. The Morgan fingerprint density at radius 2 is 0.640 bits per heavy atom. The molecule has 0 radical (unpaired) electrons. The molecule has 10 nitrogen and oxygen atoms in total. The molecule has 0 amide bonds. The lowest BCUT2D eigenvalue weighted by Gasteiger charge is -2.33. The van der Waals surface area contributed by atoms with Crippen LogP contribution in [0.1, 0.15) is 113 Å². The average molecular weight is 999 g/mol. The first-order chi connectivity index (χ1) is 37.1. The van der Waals surface area contributed by atoms with Gasteiger partial charge in [-0.1, -0.05) is 175 Å². The van der Waals surface area contributed by atoms with E-state index < -0.39 is 8.88 Å². The minimum atomic E-state index is -4.29. The van der Waals surface area contributed by atoms with Crippen LogP contribution in [0.5, 0.6) is 0 Å². The second kappa shape index (κ2) is 18.9. The van der Waals surface area contributed by atoms with Crippen molar-refractivity contribution in [1.82, 2.24) is 8.47 Å². The number of hydrogen-bond donors (Lipinski definition) is 0. The standard InChI is InChI=1S/C64H58N8O2Si/c1-3-5-7-9-11-21-31-73-75(74-32-22-12-10-8-6-4-2)71-61-53-37-45-27-17-18-28-46(45)38-54(53)63(71)69-59-51-35-43-25-15-16-26-44(43)36-52(51)60(66-59)70-64-56-40-48-30-20-19-29-47(48)39-55(56)62(72(64)75)68-58-50-34-42-24-14-13-23-41(42)33-49(50)57(65-58)67-61/h13-20,23-30,33-40H,3-12,21-22,31-32H2,1-2H3. The van der Waals surface area contributed by atoms with Crippen molar-refractivity contribution >= 4 is 108 Å². The number of benzene rings is 8. The number of fused-ring (bicyclic) bond motifs is 18. The van der Waals surface area contributed by atoms with Gasteiger partial charge in [-0.15, -0.1) is 0 Å². The fraction of sp³-hybridized carbons (Fsp3) is 0.250. The van der Waals surface area contributed by atoms with Crippen LogP contribution in [0.2, 0.25) is 0 Å². The lowest BCUT2D eigenvalue weighted by atomic mass is 10.0. The molecule has 6 heterocycles. The number of nitrogens with zero attached hydrogens (tertiary/aromatic N) is 8. The van der Waals surface area contributed by atoms with E-state index in [1.165, 1.54) is 38.5 Å². The minimum Gasteiger partial charge on any atom is -0.361 e. The maximum absolute atomic E-state index is 7.98. The maximum atomic E-state index is 7.98. The highest BCUT2D eigenvalue weighted by Gasteiger charge is 2.53. The highest BCUT2D eigenvalue weighted by Crippen LogP contribution is 2.46. The Morgan fingerprint density at radius 3 is 1.00 bits per heavy atom. The molecule has 4 aliphatic heterocycles. The lowest BCUT2D eigenvalue weighted by Crippen LogP contribution is -2.64. The first-order valence-corrected chi connectivity index (χ1v) is 29.1. The molecule has 14 rings (SSSR count). The Balaban J connectivity index is 1.17. The van der Waals surface area contributed by atoms with Crippen molar-refractivity contribution in [2.45, 2.75) is 90.9 Å². The van der Waals surface area contributed by atoms with E-state index in [2.05, 4.69) is 168 Å². The first-order valence-electron chi connectivity index (χ1n) is 27.4.